The van der Waals surface area contributed by atoms with Gasteiger partial charge in [0, 0.05) is 29.2 Å². The van der Waals surface area contributed by atoms with E-state index in [-0.39, 0.29) is 5.63 Å². The van der Waals surface area contributed by atoms with Gasteiger partial charge in [0.05, 0.1) is 0 Å². The van der Waals surface area contributed by atoms with Crippen molar-refractivity contribution in [2.45, 2.75) is 13.8 Å². The van der Waals surface area contributed by atoms with Gasteiger partial charge in [-0.15, -0.1) is 0 Å². The van der Waals surface area contributed by atoms with Gasteiger partial charge in [-0.1, -0.05) is 17.7 Å². The summed E-state index contributed by atoms with van der Waals surface area (Å²) < 4.78 is 11.0. The molecule has 3 aromatic rings. The van der Waals surface area contributed by atoms with E-state index >= 15 is 0 Å². The Morgan fingerprint density at radius 2 is 1.83 bits per heavy atom. The van der Waals surface area contributed by atoms with Gasteiger partial charge >= 0.3 is 5.63 Å². The van der Waals surface area contributed by atoms with Crippen LogP contribution in [0.1, 0.15) is 11.1 Å². The highest BCUT2D eigenvalue weighted by molar-refractivity contribution is 5.80. The zero-order chi connectivity index (χ0) is 16.2. The van der Waals surface area contributed by atoms with Crippen molar-refractivity contribution in [1.29, 1.82) is 0 Å². The first kappa shape index (κ1) is 15.2. The summed E-state index contributed by atoms with van der Waals surface area (Å²) in [6, 6.07) is 15.5. The number of ether oxygens (including phenoxy) is 1. The lowest BCUT2D eigenvalue weighted by atomic mass is 10.2. The van der Waals surface area contributed by atoms with Crippen molar-refractivity contribution in [2.75, 3.05) is 18.5 Å². The van der Waals surface area contributed by atoms with E-state index in [2.05, 4.69) is 5.32 Å². The number of hydrogen-bond donors (Lipinski definition) is 1. The Morgan fingerprint density at radius 1 is 1.04 bits per heavy atom. The number of anilines is 1. The molecule has 118 valence electrons. The Labute approximate surface area is 134 Å². The molecule has 0 saturated heterocycles. The van der Waals surface area contributed by atoms with Gasteiger partial charge in [0.15, 0.2) is 0 Å². The Kier molecular flexibility index (Phi) is 4.33. The minimum Gasteiger partial charge on any atom is -0.492 e. The molecular weight excluding hydrogens is 290 g/mol. The molecular formula is C19H19NO3. The molecule has 0 bridgehead atoms. The second kappa shape index (κ2) is 6.57. The molecule has 3 rings (SSSR count). The third kappa shape index (κ3) is 3.72. The molecule has 0 amide bonds. The molecule has 0 aliphatic heterocycles. The summed E-state index contributed by atoms with van der Waals surface area (Å²) in [4.78, 5) is 11.6. The molecule has 0 aliphatic rings. The molecule has 4 heteroatoms. The van der Waals surface area contributed by atoms with E-state index < -0.39 is 0 Å². The Balaban J connectivity index is 1.60. The highest BCUT2D eigenvalue weighted by Crippen LogP contribution is 2.18. The summed E-state index contributed by atoms with van der Waals surface area (Å²) in [6.45, 7) is 5.01. The monoisotopic (exact) mass is 309 g/mol. The molecule has 0 radical (unpaired) electrons. The fraction of sp³-hybridized carbons (Fsp3) is 0.211. The molecule has 2 aromatic carbocycles. The highest BCUT2D eigenvalue weighted by atomic mass is 16.5. The molecule has 0 aliphatic carbocycles. The van der Waals surface area contributed by atoms with Gasteiger partial charge in [0.2, 0.25) is 0 Å². The lowest BCUT2D eigenvalue weighted by Crippen LogP contribution is -2.11. The van der Waals surface area contributed by atoms with Crippen LogP contribution in [0.3, 0.4) is 0 Å². The lowest BCUT2D eigenvalue weighted by Gasteiger charge is -2.09. The SMILES string of the molecule is Cc1ccc(OCCNc2ccc3cc(C)c(=O)oc3c2)cc1. The van der Waals surface area contributed by atoms with Gasteiger partial charge in [-0.3, -0.25) is 0 Å². The summed E-state index contributed by atoms with van der Waals surface area (Å²) in [5.41, 5.74) is 3.02. The quantitative estimate of drug-likeness (QED) is 0.573. The first-order valence-electron chi connectivity index (χ1n) is 7.60. The molecule has 0 unspecified atom stereocenters. The van der Waals surface area contributed by atoms with E-state index in [1.807, 2.05) is 55.5 Å². The minimum atomic E-state index is -0.294. The van der Waals surface area contributed by atoms with Crippen LogP contribution in [0.25, 0.3) is 11.0 Å². The van der Waals surface area contributed by atoms with Crippen LogP contribution >= 0.6 is 0 Å². The molecule has 0 saturated carbocycles. The average Bonchev–Trinajstić information content (AvgIpc) is 2.54. The number of benzene rings is 2. The van der Waals surface area contributed by atoms with Gasteiger partial charge in [0.25, 0.3) is 0 Å². The van der Waals surface area contributed by atoms with Crippen LogP contribution in [0.15, 0.2) is 57.7 Å². The van der Waals surface area contributed by atoms with Crippen molar-refractivity contribution in [2.24, 2.45) is 0 Å². The largest absolute Gasteiger partial charge is 0.492 e. The van der Waals surface area contributed by atoms with E-state index in [0.29, 0.717) is 24.3 Å². The Morgan fingerprint density at radius 3 is 2.61 bits per heavy atom. The molecule has 4 nitrogen and oxygen atoms in total. The predicted octanol–water partition coefficient (Wildman–Crippen LogP) is 3.90. The van der Waals surface area contributed by atoms with Crippen LogP contribution in [-0.4, -0.2) is 13.2 Å². The second-order valence-corrected chi connectivity index (χ2v) is 5.56. The van der Waals surface area contributed by atoms with Crippen LogP contribution in [0.4, 0.5) is 5.69 Å². The predicted molar refractivity (Wildman–Crippen MR) is 92.4 cm³/mol. The van der Waals surface area contributed by atoms with Crippen molar-refractivity contribution < 1.29 is 9.15 Å². The molecule has 1 aromatic heterocycles. The number of nitrogens with one attached hydrogen (secondary N) is 1. The average molecular weight is 309 g/mol. The van der Waals surface area contributed by atoms with Crippen LogP contribution in [0.5, 0.6) is 5.75 Å². The normalized spacial score (nSPS) is 10.7. The molecule has 23 heavy (non-hydrogen) atoms. The molecule has 0 spiro atoms. The third-order valence-electron chi connectivity index (χ3n) is 3.63. The summed E-state index contributed by atoms with van der Waals surface area (Å²) >= 11 is 0. The number of fused-ring (bicyclic) bond motifs is 1. The summed E-state index contributed by atoms with van der Waals surface area (Å²) in [7, 11) is 0. The lowest BCUT2D eigenvalue weighted by molar-refractivity contribution is 0.333. The van der Waals surface area contributed by atoms with Gasteiger partial charge in [-0.2, -0.15) is 0 Å². The molecule has 0 atom stereocenters. The van der Waals surface area contributed by atoms with Crippen molar-refractivity contribution in [3.63, 3.8) is 0 Å². The van der Waals surface area contributed by atoms with Gasteiger partial charge < -0.3 is 14.5 Å². The Hall–Kier alpha value is -2.75. The van der Waals surface area contributed by atoms with Crippen molar-refractivity contribution >= 4 is 16.7 Å². The first-order chi connectivity index (χ1) is 11.1. The smallest absolute Gasteiger partial charge is 0.339 e. The van der Waals surface area contributed by atoms with Crippen LogP contribution in [0, 0.1) is 13.8 Å². The van der Waals surface area contributed by atoms with E-state index in [4.69, 9.17) is 9.15 Å². The first-order valence-corrected chi connectivity index (χ1v) is 7.60. The molecule has 1 N–H and O–H groups in total. The second-order valence-electron chi connectivity index (χ2n) is 5.56. The molecule has 0 fully saturated rings. The maximum absolute atomic E-state index is 11.6. The fourth-order valence-corrected chi connectivity index (χ4v) is 2.32. The minimum absolute atomic E-state index is 0.294. The summed E-state index contributed by atoms with van der Waals surface area (Å²) in [5, 5.41) is 4.19. The number of rotatable bonds is 5. The van der Waals surface area contributed by atoms with E-state index in [9.17, 15) is 4.79 Å². The summed E-state index contributed by atoms with van der Waals surface area (Å²) in [6.07, 6.45) is 0. The Bertz CT molecular complexity index is 866. The maximum Gasteiger partial charge on any atom is 0.339 e. The van der Waals surface area contributed by atoms with Gasteiger partial charge in [-0.25, -0.2) is 4.79 Å². The topological polar surface area (TPSA) is 51.5 Å². The van der Waals surface area contributed by atoms with E-state index in [1.54, 1.807) is 6.92 Å². The van der Waals surface area contributed by atoms with Crippen LogP contribution < -0.4 is 15.7 Å². The van der Waals surface area contributed by atoms with Gasteiger partial charge in [-0.05, 0) is 44.2 Å². The van der Waals surface area contributed by atoms with Crippen LogP contribution in [-0.2, 0) is 0 Å². The third-order valence-corrected chi connectivity index (χ3v) is 3.63. The van der Waals surface area contributed by atoms with Gasteiger partial charge in [0.1, 0.15) is 17.9 Å². The maximum atomic E-state index is 11.6. The highest BCUT2D eigenvalue weighted by Gasteiger charge is 2.02. The molecule has 1 heterocycles. The van der Waals surface area contributed by atoms with E-state index in [1.165, 1.54) is 5.56 Å². The standard InChI is InChI=1S/C19H19NO3/c1-13-3-7-17(8-4-13)22-10-9-20-16-6-5-15-11-14(2)19(21)23-18(15)12-16/h3-8,11-12,20H,9-10H2,1-2H3. The van der Waals surface area contributed by atoms with Crippen molar-refractivity contribution in [3.8, 4) is 5.75 Å². The zero-order valence-electron chi connectivity index (χ0n) is 13.3. The number of hydrogen-bond acceptors (Lipinski definition) is 4. The summed E-state index contributed by atoms with van der Waals surface area (Å²) in [5.74, 6) is 0.859. The van der Waals surface area contributed by atoms with Crippen molar-refractivity contribution in [1.82, 2.24) is 0 Å². The van der Waals surface area contributed by atoms with Crippen molar-refractivity contribution in [3.05, 3.63) is 70.1 Å². The van der Waals surface area contributed by atoms with Crippen LogP contribution in [0.2, 0.25) is 0 Å². The number of aryl methyl sites for hydroxylation is 2. The fourth-order valence-electron chi connectivity index (χ4n) is 2.32. The van der Waals surface area contributed by atoms with E-state index in [0.717, 1.165) is 16.8 Å². The zero-order valence-corrected chi connectivity index (χ0v) is 13.3.